The number of aromatic nitrogens is 3. The van der Waals surface area contributed by atoms with Crippen LogP contribution in [0.3, 0.4) is 0 Å². The van der Waals surface area contributed by atoms with Crippen LogP contribution < -0.4 is 0 Å². The highest BCUT2D eigenvalue weighted by molar-refractivity contribution is 7.07. The average molecular weight is 373 g/mol. The molecule has 0 aliphatic carbocycles. The van der Waals surface area contributed by atoms with Crippen molar-refractivity contribution in [3.8, 4) is 0 Å². The summed E-state index contributed by atoms with van der Waals surface area (Å²) in [5.41, 5.74) is 3.31. The summed E-state index contributed by atoms with van der Waals surface area (Å²) in [6.45, 7) is 5.67. The molecule has 3 saturated heterocycles. The first-order chi connectivity index (χ1) is 12.5. The van der Waals surface area contributed by atoms with E-state index >= 15 is 0 Å². The minimum absolute atomic E-state index is 0.0305. The third kappa shape index (κ3) is 3.13. The third-order valence-corrected chi connectivity index (χ3v) is 5.91. The van der Waals surface area contributed by atoms with Crippen LogP contribution in [-0.2, 0) is 11.3 Å². The van der Waals surface area contributed by atoms with E-state index in [2.05, 4.69) is 10.1 Å². The maximum Gasteiger partial charge on any atom is 0.257 e. The average Bonchev–Trinajstić information content (AvgIpc) is 3.24. The SMILES string of the molecule is CC(C)n1cc(C(=O)N2C[C@@H]3CC[C@H](C2)N(Cc2cscn2)C3=O)cn1. The number of amides is 2. The summed E-state index contributed by atoms with van der Waals surface area (Å²) in [4.78, 5) is 33.9. The first-order valence-electron chi connectivity index (χ1n) is 9.04. The molecule has 7 nitrogen and oxygen atoms in total. The quantitative estimate of drug-likeness (QED) is 0.824. The Balaban J connectivity index is 1.53. The lowest BCUT2D eigenvalue weighted by molar-refractivity contribution is -0.140. The number of piperidine rings is 1. The van der Waals surface area contributed by atoms with Gasteiger partial charge in [0.15, 0.2) is 0 Å². The van der Waals surface area contributed by atoms with E-state index in [-0.39, 0.29) is 29.8 Å². The predicted molar refractivity (Wildman–Crippen MR) is 97.7 cm³/mol. The van der Waals surface area contributed by atoms with Crippen LogP contribution in [0.1, 0.15) is 48.8 Å². The van der Waals surface area contributed by atoms with Gasteiger partial charge in [-0.3, -0.25) is 14.3 Å². The zero-order chi connectivity index (χ0) is 18.3. The molecule has 3 fully saturated rings. The molecular formula is C18H23N5O2S. The van der Waals surface area contributed by atoms with E-state index in [9.17, 15) is 9.59 Å². The number of carbonyl (C=O) groups excluding carboxylic acids is 2. The highest BCUT2D eigenvalue weighted by Crippen LogP contribution is 2.31. The second kappa shape index (κ2) is 6.83. The van der Waals surface area contributed by atoms with E-state index in [1.54, 1.807) is 22.6 Å². The van der Waals surface area contributed by atoms with Crippen LogP contribution >= 0.6 is 11.3 Å². The molecule has 2 atom stereocenters. The van der Waals surface area contributed by atoms with Crippen molar-refractivity contribution < 1.29 is 9.59 Å². The standard InChI is InChI=1S/C18H23N5O2S/c1-12(2)23-7-14(5-20-23)17(24)21-6-13-3-4-16(9-21)22(18(13)25)8-15-10-26-11-19-15/h5,7,10-13,16H,3-4,6,8-9H2,1-2H3/t13-,16+/m0/s1. The molecule has 5 heterocycles. The van der Waals surface area contributed by atoms with E-state index in [0.29, 0.717) is 25.2 Å². The van der Waals surface area contributed by atoms with Crippen molar-refractivity contribution in [1.82, 2.24) is 24.6 Å². The zero-order valence-electron chi connectivity index (χ0n) is 15.0. The minimum atomic E-state index is -0.114. The molecule has 2 bridgehead atoms. The van der Waals surface area contributed by atoms with Gasteiger partial charge < -0.3 is 9.80 Å². The molecule has 0 radical (unpaired) electrons. The van der Waals surface area contributed by atoms with Gasteiger partial charge in [0, 0.05) is 36.8 Å². The number of hydrogen-bond acceptors (Lipinski definition) is 5. The maximum atomic E-state index is 13.0. The lowest BCUT2D eigenvalue weighted by atomic mass is 9.94. The number of carbonyl (C=O) groups is 2. The number of hydrogen-bond donors (Lipinski definition) is 0. The summed E-state index contributed by atoms with van der Waals surface area (Å²) in [5.74, 6) is 0.0102. The zero-order valence-corrected chi connectivity index (χ0v) is 15.9. The third-order valence-electron chi connectivity index (χ3n) is 5.27. The van der Waals surface area contributed by atoms with E-state index in [4.69, 9.17) is 0 Å². The molecule has 2 aromatic heterocycles. The Morgan fingerprint density at radius 1 is 1.35 bits per heavy atom. The molecule has 138 valence electrons. The van der Waals surface area contributed by atoms with Gasteiger partial charge in [-0.05, 0) is 26.7 Å². The molecule has 0 unspecified atom stereocenters. The summed E-state index contributed by atoms with van der Waals surface area (Å²) in [7, 11) is 0. The second-order valence-electron chi connectivity index (χ2n) is 7.39. The van der Waals surface area contributed by atoms with Crippen LogP contribution in [-0.4, -0.2) is 55.5 Å². The van der Waals surface area contributed by atoms with Gasteiger partial charge in [-0.15, -0.1) is 11.3 Å². The lowest BCUT2D eigenvalue weighted by Crippen LogP contribution is -2.47. The Hall–Kier alpha value is -2.22. The molecule has 8 heteroatoms. The summed E-state index contributed by atoms with van der Waals surface area (Å²) >= 11 is 1.54. The van der Waals surface area contributed by atoms with Crippen molar-refractivity contribution in [2.24, 2.45) is 5.92 Å². The Kier molecular flexibility index (Phi) is 4.52. The van der Waals surface area contributed by atoms with Crippen molar-refractivity contribution in [2.75, 3.05) is 13.1 Å². The first kappa shape index (κ1) is 17.2. The molecule has 3 aliphatic rings. The monoisotopic (exact) mass is 373 g/mol. The van der Waals surface area contributed by atoms with Crippen molar-refractivity contribution in [3.05, 3.63) is 34.5 Å². The molecule has 0 aromatic carbocycles. The van der Waals surface area contributed by atoms with Crippen LogP contribution in [0.2, 0.25) is 0 Å². The fourth-order valence-corrected chi connectivity index (χ4v) is 4.37. The Morgan fingerprint density at radius 2 is 2.19 bits per heavy atom. The van der Waals surface area contributed by atoms with Crippen molar-refractivity contribution in [3.63, 3.8) is 0 Å². The van der Waals surface area contributed by atoms with E-state index in [0.717, 1.165) is 18.5 Å². The predicted octanol–water partition coefficient (Wildman–Crippen LogP) is 2.18. The van der Waals surface area contributed by atoms with E-state index < -0.39 is 0 Å². The van der Waals surface area contributed by atoms with Crippen LogP contribution in [0.25, 0.3) is 0 Å². The molecule has 2 amide bonds. The number of fused-ring (bicyclic) bond motifs is 4. The second-order valence-corrected chi connectivity index (χ2v) is 8.11. The lowest BCUT2D eigenvalue weighted by Gasteiger charge is -2.35. The van der Waals surface area contributed by atoms with Crippen LogP contribution in [0.4, 0.5) is 0 Å². The Bertz CT molecular complexity index is 800. The summed E-state index contributed by atoms with van der Waals surface area (Å²) in [6, 6.07) is 0.277. The van der Waals surface area contributed by atoms with Crippen LogP contribution in [0.15, 0.2) is 23.3 Å². The highest BCUT2D eigenvalue weighted by Gasteiger charge is 2.42. The van der Waals surface area contributed by atoms with Gasteiger partial charge in [-0.1, -0.05) is 0 Å². The first-order valence-corrected chi connectivity index (χ1v) is 9.98. The molecule has 26 heavy (non-hydrogen) atoms. The molecule has 3 aliphatic heterocycles. The molecule has 2 aromatic rings. The number of rotatable bonds is 4. The highest BCUT2D eigenvalue weighted by atomic mass is 32.1. The van der Waals surface area contributed by atoms with Gasteiger partial charge in [0.05, 0.1) is 35.4 Å². The molecule has 0 saturated carbocycles. The van der Waals surface area contributed by atoms with Crippen molar-refractivity contribution >= 4 is 23.2 Å². The minimum Gasteiger partial charge on any atom is -0.336 e. The molecular weight excluding hydrogens is 350 g/mol. The number of nitrogens with zero attached hydrogens (tertiary/aromatic N) is 5. The largest absolute Gasteiger partial charge is 0.336 e. The van der Waals surface area contributed by atoms with Crippen LogP contribution in [0, 0.1) is 5.92 Å². The van der Waals surface area contributed by atoms with Crippen LogP contribution in [0.5, 0.6) is 0 Å². The summed E-state index contributed by atoms with van der Waals surface area (Å²) in [5, 5.41) is 6.25. The molecule has 0 spiro atoms. The van der Waals surface area contributed by atoms with Gasteiger partial charge in [-0.25, -0.2) is 4.98 Å². The molecule has 5 rings (SSSR count). The van der Waals surface area contributed by atoms with Crippen molar-refractivity contribution in [2.45, 2.75) is 45.3 Å². The van der Waals surface area contributed by atoms with Gasteiger partial charge >= 0.3 is 0 Å². The Labute approximate surface area is 156 Å². The smallest absolute Gasteiger partial charge is 0.257 e. The normalized spacial score (nSPS) is 23.0. The fraction of sp³-hybridized carbons (Fsp3) is 0.556. The number of thiazole rings is 1. The van der Waals surface area contributed by atoms with E-state index in [1.807, 2.05) is 29.0 Å². The van der Waals surface area contributed by atoms with Gasteiger partial charge in [-0.2, -0.15) is 5.10 Å². The fourth-order valence-electron chi connectivity index (χ4n) is 3.82. The maximum absolute atomic E-state index is 13.0. The van der Waals surface area contributed by atoms with Gasteiger partial charge in [0.2, 0.25) is 5.91 Å². The van der Waals surface area contributed by atoms with Crippen molar-refractivity contribution in [1.29, 1.82) is 0 Å². The summed E-state index contributed by atoms with van der Waals surface area (Å²) < 4.78 is 1.79. The van der Waals surface area contributed by atoms with Gasteiger partial charge in [0.1, 0.15) is 0 Å². The van der Waals surface area contributed by atoms with Gasteiger partial charge in [0.25, 0.3) is 5.91 Å². The van der Waals surface area contributed by atoms with E-state index in [1.165, 1.54) is 11.3 Å². The molecule has 0 N–H and O–H groups in total. The summed E-state index contributed by atoms with van der Waals surface area (Å²) in [6.07, 6.45) is 5.22. The Morgan fingerprint density at radius 3 is 2.88 bits per heavy atom. The topological polar surface area (TPSA) is 71.3 Å².